The molecule has 44 heavy (non-hydrogen) atoms. The van der Waals surface area contributed by atoms with Gasteiger partial charge in [0.25, 0.3) is 11.8 Å². The highest BCUT2D eigenvalue weighted by Gasteiger charge is 2.31. The van der Waals surface area contributed by atoms with Gasteiger partial charge in [-0.2, -0.15) is 0 Å². The zero-order valence-electron chi connectivity index (χ0n) is 24.1. The standard InChI is InChI=1S/C32H32N4O6S2/c1-21-20-41-16-14-36(21)13-4-15-42-24-10-7-22(8-11-24)32-34-19-25(43-32)18-33-30(37)23-9-12-29-27(17-23)35-31(38)26-5-2-3-6-28(26)44(29,39)40/h2-3,5-12,17,19,21H,4,13-16,18,20H2,1H3,(H,33,37)(H,35,38)/t21-/m1/s1. The number of nitrogens with zero attached hydrogens (tertiary/aromatic N) is 2. The number of carbonyl (C=O) groups excluding carboxylic acids is 2. The van der Waals surface area contributed by atoms with Crippen LogP contribution in [0.1, 0.15) is 38.9 Å². The lowest BCUT2D eigenvalue weighted by Crippen LogP contribution is -2.44. The van der Waals surface area contributed by atoms with Crippen molar-refractivity contribution in [1.29, 1.82) is 0 Å². The minimum Gasteiger partial charge on any atom is -0.494 e. The lowest BCUT2D eigenvalue weighted by atomic mass is 10.1. The second-order valence-electron chi connectivity index (χ2n) is 10.7. The minimum absolute atomic E-state index is 0.0570. The van der Waals surface area contributed by atoms with Crippen molar-refractivity contribution in [2.75, 3.05) is 38.2 Å². The van der Waals surface area contributed by atoms with E-state index in [1.165, 1.54) is 41.7 Å². The molecule has 228 valence electrons. The van der Waals surface area contributed by atoms with Gasteiger partial charge in [0.1, 0.15) is 10.8 Å². The number of hydrogen-bond donors (Lipinski definition) is 2. The van der Waals surface area contributed by atoms with Crippen molar-refractivity contribution in [3.05, 3.63) is 88.9 Å². The fraction of sp³-hybridized carbons (Fsp3) is 0.281. The Bertz CT molecular complexity index is 1790. The van der Waals surface area contributed by atoms with Crippen LogP contribution in [0.15, 0.2) is 82.7 Å². The van der Waals surface area contributed by atoms with Crippen molar-refractivity contribution in [1.82, 2.24) is 15.2 Å². The average Bonchev–Trinajstić information content (AvgIpc) is 3.49. The zero-order valence-corrected chi connectivity index (χ0v) is 25.7. The molecule has 1 saturated heterocycles. The van der Waals surface area contributed by atoms with E-state index in [0.717, 1.165) is 53.9 Å². The Kier molecular flexibility index (Phi) is 8.76. The summed E-state index contributed by atoms with van der Waals surface area (Å²) in [6.45, 7) is 6.59. The molecule has 0 radical (unpaired) electrons. The molecule has 0 bridgehead atoms. The van der Waals surface area contributed by atoms with Gasteiger partial charge in [0.05, 0.1) is 47.4 Å². The number of aromatic nitrogens is 1. The third-order valence-corrected chi connectivity index (χ3v) is 10.6. The molecule has 1 aromatic heterocycles. The van der Waals surface area contributed by atoms with Crippen LogP contribution in [0.5, 0.6) is 5.75 Å². The van der Waals surface area contributed by atoms with Crippen LogP contribution in [0.3, 0.4) is 0 Å². The summed E-state index contributed by atoms with van der Waals surface area (Å²) in [5.74, 6) is -0.141. The molecule has 0 unspecified atom stereocenters. The molecule has 3 aromatic carbocycles. The molecule has 2 amide bonds. The number of anilines is 1. The van der Waals surface area contributed by atoms with Crippen LogP contribution < -0.4 is 15.4 Å². The number of thiazole rings is 1. The van der Waals surface area contributed by atoms with Gasteiger partial charge in [0, 0.05) is 41.3 Å². The molecule has 2 aliphatic rings. The molecule has 10 nitrogen and oxygen atoms in total. The highest BCUT2D eigenvalue weighted by molar-refractivity contribution is 7.91. The van der Waals surface area contributed by atoms with Crippen LogP contribution in [0.2, 0.25) is 0 Å². The third kappa shape index (κ3) is 6.39. The molecular weight excluding hydrogens is 601 g/mol. The van der Waals surface area contributed by atoms with Crippen molar-refractivity contribution in [3.8, 4) is 16.3 Å². The molecule has 1 fully saturated rings. The number of fused-ring (bicyclic) bond motifs is 2. The van der Waals surface area contributed by atoms with Crippen LogP contribution in [0.4, 0.5) is 5.69 Å². The van der Waals surface area contributed by atoms with Crippen molar-refractivity contribution >= 4 is 38.7 Å². The highest BCUT2D eigenvalue weighted by Crippen LogP contribution is 2.34. The second kappa shape index (κ2) is 12.9. The number of nitrogens with one attached hydrogen (secondary N) is 2. The summed E-state index contributed by atoms with van der Waals surface area (Å²) in [7, 11) is -3.94. The first-order chi connectivity index (χ1) is 21.3. The Morgan fingerprint density at radius 2 is 1.95 bits per heavy atom. The summed E-state index contributed by atoms with van der Waals surface area (Å²) in [4.78, 5) is 33.4. The van der Waals surface area contributed by atoms with E-state index in [2.05, 4.69) is 27.4 Å². The van der Waals surface area contributed by atoms with Gasteiger partial charge < -0.3 is 20.1 Å². The maximum atomic E-state index is 13.2. The summed E-state index contributed by atoms with van der Waals surface area (Å²) in [6, 6.07) is 18.5. The van der Waals surface area contributed by atoms with Gasteiger partial charge in [-0.05, 0) is 67.9 Å². The first kappa shape index (κ1) is 29.9. The quantitative estimate of drug-likeness (QED) is 0.256. The molecule has 2 aliphatic heterocycles. The van der Waals surface area contributed by atoms with Crippen LogP contribution >= 0.6 is 11.3 Å². The number of sulfone groups is 1. The van der Waals surface area contributed by atoms with Gasteiger partial charge >= 0.3 is 0 Å². The number of carbonyl (C=O) groups is 2. The molecule has 0 spiro atoms. The Balaban J connectivity index is 1.03. The van der Waals surface area contributed by atoms with Crippen LogP contribution in [-0.4, -0.2) is 69.1 Å². The normalized spacial score (nSPS) is 17.6. The molecule has 6 rings (SSSR count). The molecule has 0 saturated carbocycles. The maximum absolute atomic E-state index is 13.2. The lowest BCUT2D eigenvalue weighted by Gasteiger charge is -2.33. The summed E-state index contributed by atoms with van der Waals surface area (Å²) in [5.41, 5.74) is 1.31. The third-order valence-electron chi connectivity index (χ3n) is 7.64. The van der Waals surface area contributed by atoms with Crippen molar-refractivity contribution in [2.45, 2.75) is 35.7 Å². The first-order valence-electron chi connectivity index (χ1n) is 14.4. The largest absolute Gasteiger partial charge is 0.494 e. The molecule has 12 heteroatoms. The molecule has 0 aliphatic carbocycles. The van der Waals surface area contributed by atoms with Gasteiger partial charge in [-0.15, -0.1) is 11.3 Å². The highest BCUT2D eigenvalue weighted by atomic mass is 32.2. The van der Waals surface area contributed by atoms with E-state index in [4.69, 9.17) is 9.47 Å². The minimum atomic E-state index is -3.94. The molecule has 1 atom stereocenters. The Morgan fingerprint density at radius 3 is 2.77 bits per heavy atom. The fourth-order valence-electron chi connectivity index (χ4n) is 5.24. The van der Waals surface area contributed by atoms with Gasteiger partial charge in [-0.25, -0.2) is 13.4 Å². The number of benzene rings is 3. The van der Waals surface area contributed by atoms with E-state index in [9.17, 15) is 18.0 Å². The lowest BCUT2D eigenvalue weighted by molar-refractivity contribution is -0.00200. The second-order valence-corrected chi connectivity index (χ2v) is 13.7. The van der Waals surface area contributed by atoms with E-state index < -0.39 is 21.7 Å². The molecule has 3 heterocycles. The molecular formula is C32H32N4O6S2. The summed E-state index contributed by atoms with van der Waals surface area (Å²) < 4.78 is 37.8. The van der Waals surface area contributed by atoms with E-state index in [-0.39, 0.29) is 33.2 Å². The van der Waals surface area contributed by atoms with E-state index >= 15 is 0 Å². The van der Waals surface area contributed by atoms with E-state index in [1.807, 2.05) is 24.3 Å². The topological polar surface area (TPSA) is 127 Å². The maximum Gasteiger partial charge on any atom is 0.257 e. The number of rotatable bonds is 9. The van der Waals surface area contributed by atoms with Crippen molar-refractivity contribution in [3.63, 3.8) is 0 Å². The molecule has 4 aromatic rings. The number of amides is 2. The average molecular weight is 633 g/mol. The van der Waals surface area contributed by atoms with Crippen molar-refractivity contribution in [2.24, 2.45) is 0 Å². The Labute approximate surface area is 260 Å². The van der Waals surface area contributed by atoms with Gasteiger partial charge in [0.15, 0.2) is 0 Å². The molecule has 2 N–H and O–H groups in total. The predicted octanol–water partition coefficient (Wildman–Crippen LogP) is 4.63. The first-order valence-corrected chi connectivity index (χ1v) is 16.7. The SMILES string of the molecule is C[C@@H]1COCCN1CCCOc1ccc(-c2ncc(CNC(=O)c3ccc4c(c3)NC(=O)c3ccccc3S4(=O)=O)s2)cc1. The van der Waals surface area contributed by atoms with Crippen LogP contribution in [0, 0.1) is 0 Å². The van der Waals surface area contributed by atoms with Gasteiger partial charge in [0.2, 0.25) is 9.84 Å². The summed E-state index contributed by atoms with van der Waals surface area (Å²) >= 11 is 1.47. The van der Waals surface area contributed by atoms with Crippen LogP contribution in [-0.2, 0) is 21.1 Å². The van der Waals surface area contributed by atoms with Gasteiger partial charge in [-0.1, -0.05) is 12.1 Å². The van der Waals surface area contributed by atoms with E-state index in [0.29, 0.717) is 12.6 Å². The van der Waals surface area contributed by atoms with Gasteiger partial charge in [-0.3, -0.25) is 14.5 Å². The Morgan fingerprint density at radius 1 is 1.14 bits per heavy atom. The predicted molar refractivity (Wildman–Crippen MR) is 167 cm³/mol. The number of morpholine rings is 1. The Hall–Kier alpha value is -4.10. The monoisotopic (exact) mass is 632 g/mol. The fourth-order valence-corrected chi connectivity index (χ4v) is 7.69. The van der Waals surface area contributed by atoms with Crippen molar-refractivity contribution < 1.29 is 27.5 Å². The number of hydrogen-bond acceptors (Lipinski definition) is 9. The number of ether oxygens (including phenoxy) is 2. The zero-order chi connectivity index (χ0) is 30.7. The smallest absolute Gasteiger partial charge is 0.257 e. The van der Waals surface area contributed by atoms with Crippen LogP contribution in [0.25, 0.3) is 10.6 Å². The summed E-state index contributed by atoms with van der Waals surface area (Å²) in [5, 5.41) is 6.31. The summed E-state index contributed by atoms with van der Waals surface area (Å²) in [6.07, 6.45) is 2.67. The van der Waals surface area contributed by atoms with E-state index in [1.54, 1.807) is 18.3 Å².